The molecule has 5 nitrogen and oxygen atoms in total. The van der Waals surface area contributed by atoms with E-state index >= 15 is 0 Å². The molecule has 1 aliphatic heterocycles. The summed E-state index contributed by atoms with van der Waals surface area (Å²) in [5.74, 6) is -0.682. The van der Waals surface area contributed by atoms with Crippen LogP contribution in [-0.4, -0.2) is 42.4 Å². The van der Waals surface area contributed by atoms with Crippen LogP contribution >= 0.6 is 0 Å². The molecule has 1 aromatic carbocycles. The smallest absolute Gasteiger partial charge is 0.244 e. The fourth-order valence-electron chi connectivity index (χ4n) is 2.70. The molecule has 23 heavy (non-hydrogen) atoms. The monoisotopic (exact) mass is 321 g/mol. The molecule has 1 aliphatic rings. The van der Waals surface area contributed by atoms with E-state index in [2.05, 4.69) is 10.6 Å². The van der Waals surface area contributed by atoms with Crippen LogP contribution in [0.1, 0.15) is 31.7 Å². The maximum atomic E-state index is 13.2. The van der Waals surface area contributed by atoms with E-state index in [0.29, 0.717) is 5.69 Å². The van der Waals surface area contributed by atoms with Gasteiger partial charge in [0.2, 0.25) is 11.8 Å². The third kappa shape index (κ3) is 4.94. The predicted octanol–water partition coefficient (Wildman–Crippen LogP) is 2.06. The van der Waals surface area contributed by atoms with Crippen LogP contribution in [0.3, 0.4) is 0 Å². The van der Waals surface area contributed by atoms with Gasteiger partial charge < -0.3 is 15.5 Å². The van der Waals surface area contributed by atoms with Crippen molar-refractivity contribution in [2.75, 3.05) is 25.0 Å². The van der Waals surface area contributed by atoms with E-state index in [1.54, 1.807) is 17.9 Å². The molecule has 2 N–H and O–H groups in total. The lowest BCUT2D eigenvalue weighted by Crippen LogP contribution is -2.49. The molecular formula is C17H24FN3O2. The van der Waals surface area contributed by atoms with Gasteiger partial charge in [0.25, 0.3) is 0 Å². The minimum absolute atomic E-state index is 0.00190. The van der Waals surface area contributed by atoms with Crippen molar-refractivity contribution in [3.05, 3.63) is 29.6 Å². The zero-order valence-corrected chi connectivity index (χ0v) is 13.7. The van der Waals surface area contributed by atoms with Gasteiger partial charge >= 0.3 is 0 Å². The highest BCUT2D eigenvalue weighted by molar-refractivity contribution is 5.89. The van der Waals surface area contributed by atoms with Gasteiger partial charge in [0.15, 0.2) is 0 Å². The highest BCUT2D eigenvalue weighted by Crippen LogP contribution is 2.15. The van der Waals surface area contributed by atoms with Crippen LogP contribution in [0.4, 0.5) is 10.1 Å². The first-order chi connectivity index (χ1) is 11.0. The molecule has 0 unspecified atom stereocenters. The SMILES string of the molecule is Cc1ccc(F)cc1NCC(=O)N[C@@H](C)C(=O)N1CCCCC1. The normalized spacial score (nSPS) is 15.9. The fourth-order valence-corrected chi connectivity index (χ4v) is 2.70. The van der Waals surface area contributed by atoms with Crippen molar-refractivity contribution in [3.8, 4) is 0 Å². The van der Waals surface area contributed by atoms with Crippen LogP contribution in [0.25, 0.3) is 0 Å². The van der Waals surface area contributed by atoms with Gasteiger partial charge in [-0.05, 0) is 50.8 Å². The van der Waals surface area contributed by atoms with Crippen LogP contribution in [0.15, 0.2) is 18.2 Å². The molecule has 0 spiro atoms. The Bertz CT molecular complexity index is 571. The van der Waals surface area contributed by atoms with Crippen LogP contribution in [0.5, 0.6) is 0 Å². The molecule has 0 aromatic heterocycles. The molecule has 1 atom stereocenters. The van der Waals surface area contributed by atoms with Crippen LogP contribution in [0.2, 0.25) is 0 Å². The van der Waals surface area contributed by atoms with Gasteiger partial charge in [-0.15, -0.1) is 0 Å². The third-order valence-electron chi connectivity index (χ3n) is 4.05. The van der Waals surface area contributed by atoms with Crippen molar-refractivity contribution in [1.29, 1.82) is 0 Å². The first kappa shape index (κ1) is 17.2. The number of piperidine rings is 1. The van der Waals surface area contributed by atoms with Gasteiger partial charge in [-0.25, -0.2) is 4.39 Å². The lowest BCUT2D eigenvalue weighted by atomic mass is 10.1. The molecule has 2 rings (SSSR count). The number of amides is 2. The Labute approximate surface area is 136 Å². The number of carbonyl (C=O) groups excluding carboxylic acids is 2. The molecule has 2 amide bonds. The number of rotatable bonds is 5. The molecule has 0 radical (unpaired) electrons. The number of nitrogens with one attached hydrogen (secondary N) is 2. The van der Waals surface area contributed by atoms with Gasteiger partial charge in [0.05, 0.1) is 6.54 Å². The van der Waals surface area contributed by atoms with Crippen LogP contribution in [0, 0.1) is 12.7 Å². The maximum absolute atomic E-state index is 13.2. The Balaban J connectivity index is 1.81. The molecule has 0 aliphatic carbocycles. The Morgan fingerprint density at radius 1 is 1.26 bits per heavy atom. The number of hydrogen-bond donors (Lipinski definition) is 2. The van der Waals surface area contributed by atoms with Gasteiger partial charge in [0, 0.05) is 18.8 Å². The molecule has 1 heterocycles. The Hall–Kier alpha value is -2.11. The Morgan fingerprint density at radius 3 is 2.65 bits per heavy atom. The highest BCUT2D eigenvalue weighted by atomic mass is 19.1. The van der Waals surface area contributed by atoms with Crippen molar-refractivity contribution in [2.45, 2.75) is 39.2 Å². The molecule has 1 aromatic rings. The number of benzene rings is 1. The summed E-state index contributed by atoms with van der Waals surface area (Å²) < 4.78 is 13.2. The molecule has 126 valence electrons. The van der Waals surface area contributed by atoms with Gasteiger partial charge in [-0.2, -0.15) is 0 Å². The Morgan fingerprint density at radius 2 is 1.96 bits per heavy atom. The van der Waals surface area contributed by atoms with Gasteiger partial charge in [-0.3, -0.25) is 9.59 Å². The number of halogens is 1. The fraction of sp³-hybridized carbons (Fsp3) is 0.529. The second-order valence-electron chi connectivity index (χ2n) is 5.99. The van der Waals surface area contributed by atoms with Crippen LogP contribution < -0.4 is 10.6 Å². The van der Waals surface area contributed by atoms with E-state index < -0.39 is 6.04 Å². The summed E-state index contributed by atoms with van der Waals surface area (Å²) in [6.07, 6.45) is 3.20. The molecule has 1 fully saturated rings. The molecule has 6 heteroatoms. The zero-order chi connectivity index (χ0) is 16.8. The molecule has 0 saturated carbocycles. The molecule has 0 bridgehead atoms. The summed E-state index contributed by atoms with van der Waals surface area (Å²) in [6, 6.07) is 3.83. The lowest BCUT2D eigenvalue weighted by Gasteiger charge is -2.29. The number of anilines is 1. The van der Waals surface area contributed by atoms with E-state index in [4.69, 9.17) is 0 Å². The molecular weight excluding hydrogens is 297 g/mol. The van der Waals surface area contributed by atoms with Gasteiger partial charge in [-0.1, -0.05) is 6.07 Å². The summed E-state index contributed by atoms with van der Waals surface area (Å²) in [4.78, 5) is 26.0. The number of carbonyl (C=O) groups is 2. The molecule has 1 saturated heterocycles. The summed E-state index contributed by atoms with van der Waals surface area (Å²) >= 11 is 0. The van der Waals surface area contributed by atoms with E-state index in [0.717, 1.165) is 37.9 Å². The first-order valence-electron chi connectivity index (χ1n) is 8.05. The van der Waals surface area contributed by atoms with Crippen molar-refractivity contribution in [1.82, 2.24) is 10.2 Å². The zero-order valence-electron chi connectivity index (χ0n) is 13.7. The van der Waals surface area contributed by atoms with Crippen molar-refractivity contribution in [3.63, 3.8) is 0 Å². The number of nitrogens with zero attached hydrogens (tertiary/aromatic N) is 1. The van der Waals surface area contributed by atoms with Crippen molar-refractivity contribution in [2.24, 2.45) is 0 Å². The maximum Gasteiger partial charge on any atom is 0.244 e. The van der Waals surface area contributed by atoms with E-state index in [9.17, 15) is 14.0 Å². The lowest BCUT2D eigenvalue weighted by molar-refractivity contribution is -0.136. The van der Waals surface area contributed by atoms with Gasteiger partial charge in [0.1, 0.15) is 11.9 Å². The standard InChI is InChI=1S/C17H24FN3O2/c1-12-6-7-14(18)10-15(12)19-11-16(22)20-13(2)17(23)21-8-4-3-5-9-21/h6-7,10,13,19H,3-5,8-9,11H2,1-2H3,(H,20,22)/t13-/m0/s1. The Kier molecular flexibility index (Phi) is 5.96. The quantitative estimate of drug-likeness (QED) is 0.873. The highest BCUT2D eigenvalue weighted by Gasteiger charge is 2.23. The minimum Gasteiger partial charge on any atom is -0.376 e. The van der Waals surface area contributed by atoms with Crippen molar-refractivity contribution < 1.29 is 14.0 Å². The summed E-state index contributed by atoms with van der Waals surface area (Å²) in [5, 5.41) is 5.60. The number of likely N-dealkylation sites (tertiary alicyclic amines) is 1. The van der Waals surface area contributed by atoms with Crippen LogP contribution in [-0.2, 0) is 9.59 Å². The topological polar surface area (TPSA) is 61.4 Å². The summed E-state index contributed by atoms with van der Waals surface area (Å²) in [7, 11) is 0. The van der Waals surface area contributed by atoms with E-state index in [1.165, 1.54) is 12.1 Å². The first-order valence-corrected chi connectivity index (χ1v) is 8.05. The largest absolute Gasteiger partial charge is 0.376 e. The number of hydrogen-bond acceptors (Lipinski definition) is 3. The second-order valence-corrected chi connectivity index (χ2v) is 5.99. The summed E-state index contributed by atoms with van der Waals surface area (Å²) in [5.41, 5.74) is 1.44. The number of aryl methyl sites for hydroxylation is 1. The summed E-state index contributed by atoms with van der Waals surface area (Å²) in [6.45, 7) is 5.06. The predicted molar refractivity (Wildman–Crippen MR) is 87.7 cm³/mol. The average molecular weight is 321 g/mol. The minimum atomic E-state index is -0.545. The average Bonchev–Trinajstić information content (AvgIpc) is 2.55. The van der Waals surface area contributed by atoms with E-state index in [1.807, 2.05) is 6.92 Å². The van der Waals surface area contributed by atoms with Crippen molar-refractivity contribution >= 4 is 17.5 Å². The van der Waals surface area contributed by atoms with E-state index in [-0.39, 0.29) is 24.2 Å². The third-order valence-corrected chi connectivity index (χ3v) is 4.05. The second kappa shape index (κ2) is 7.94.